The molecule has 4 rings (SSSR count). The number of carbonyl (C=O) groups is 1. The zero-order valence-electron chi connectivity index (χ0n) is 13.2. The van der Waals surface area contributed by atoms with Crippen molar-refractivity contribution in [2.75, 3.05) is 38.0 Å². The second-order valence-electron chi connectivity index (χ2n) is 6.31. The molecule has 0 radical (unpaired) electrons. The summed E-state index contributed by atoms with van der Waals surface area (Å²) in [6.07, 6.45) is 2.47. The molecule has 2 fully saturated rings. The van der Waals surface area contributed by atoms with Crippen LogP contribution in [0.2, 0.25) is 0 Å². The maximum absolute atomic E-state index is 12.4. The molecule has 1 N–H and O–H groups in total. The average molecular weight is 352 g/mol. The predicted octanol–water partition coefficient (Wildman–Crippen LogP) is 2.66. The van der Waals surface area contributed by atoms with Crippen molar-refractivity contribution >= 4 is 39.4 Å². The number of aromatic nitrogens is 1. The summed E-state index contributed by atoms with van der Waals surface area (Å²) in [4.78, 5) is 25.6. The van der Waals surface area contributed by atoms with Gasteiger partial charge in [0.05, 0.1) is 12.2 Å². The van der Waals surface area contributed by atoms with E-state index in [9.17, 15) is 4.79 Å². The Morgan fingerprint density at radius 3 is 2.74 bits per heavy atom. The molecule has 1 unspecified atom stereocenters. The number of thiazole rings is 1. The van der Waals surface area contributed by atoms with Gasteiger partial charge in [0.1, 0.15) is 0 Å². The van der Waals surface area contributed by atoms with Gasteiger partial charge in [-0.25, -0.2) is 9.78 Å². The van der Waals surface area contributed by atoms with Crippen molar-refractivity contribution in [3.05, 3.63) is 11.1 Å². The molecule has 1 atom stereocenters. The van der Waals surface area contributed by atoms with Gasteiger partial charge in [-0.3, -0.25) is 10.3 Å². The number of anilines is 1. The Balaban J connectivity index is 1.28. The Labute approximate surface area is 144 Å². The summed E-state index contributed by atoms with van der Waals surface area (Å²) < 4.78 is 0. The van der Waals surface area contributed by atoms with Crippen LogP contribution in [-0.2, 0) is 0 Å². The minimum atomic E-state index is -0.0317. The van der Waals surface area contributed by atoms with Crippen molar-refractivity contribution in [1.82, 2.24) is 14.8 Å². The minimum absolute atomic E-state index is 0.0317. The van der Waals surface area contributed by atoms with Crippen molar-refractivity contribution in [1.29, 1.82) is 0 Å². The summed E-state index contributed by atoms with van der Waals surface area (Å²) in [5.41, 5.74) is 1.14. The Hall–Kier alpha value is -1.28. The molecule has 0 aromatic carbocycles. The lowest BCUT2D eigenvalue weighted by Crippen LogP contribution is -2.51. The maximum Gasteiger partial charge on any atom is 0.323 e. The summed E-state index contributed by atoms with van der Waals surface area (Å²) in [5, 5.41) is 7.47. The Morgan fingerprint density at radius 2 is 2.09 bits per heavy atom. The van der Waals surface area contributed by atoms with E-state index in [2.05, 4.69) is 32.5 Å². The summed E-state index contributed by atoms with van der Waals surface area (Å²) >= 11 is 3.37. The van der Waals surface area contributed by atoms with Crippen LogP contribution >= 0.6 is 23.1 Å². The molecular weight excluding hydrogens is 330 g/mol. The van der Waals surface area contributed by atoms with Gasteiger partial charge in [-0.2, -0.15) is 0 Å². The number of amidine groups is 1. The van der Waals surface area contributed by atoms with Gasteiger partial charge in [0.2, 0.25) is 0 Å². The van der Waals surface area contributed by atoms with Crippen molar-refractivity contribution < 1.29 is 4.79 Å². The van der Waals surface area contributed by atoms with E-state index in [1.165, 1.54) is 24.2 Å². The average Bonchev–Trinajstić information content (AvgIpc) is 3.16. The van der Waals surface area contributed by atoms with E-state index in [-0.39, 0.29) is 6.03 Å². The summed E-state index contributed by atoms with van der Waals surface area (Å²) in [5.74, 6) is 0.632. The third kappa shape index (κ3) is 3.47. The molecule has 1 aromatic heterocycles. The highest BCUT2D eigenvalue weighted by molar-refractivity contribution is 8.14. The van der Waals surface area contributed by atoms with Crippen LogP contribution in [0.15, 0.2) is 10.4 Å². The van der Waals surface area contributed by atoms with Crippen molar-refractivity contribution in [3.8, 4) is 0 Å². The molecule has 23 heavy (non-hydrogen) atoms. The molecule has 1 aliphatic carbocycles. The lowest BCUT2D eigenvalue weighted by Gasteiger charge is -2.35. The van der Waals surface area contributed by atoms with Crippen LogP contribution in [0.5, 0.6) is 0 Å². The van der Waals surface area contributed by atoms with Crippen LogP contribution in [0.25, 0.3) is 0 Å². The zero-order chi connectivity index (χ0) is 15.8. The van der Waals surface area contributed by atoms with E-state index in [0.717, 1.165) is 48.7 Å². The Morgan fingerprint density at radius 1 is 1.30 bits per heavy atom. The molecule has 8 heteroatoms. The first kappa shape index (κ1) is 15.3. The van der Waals surface area contributed by atoms with E-state index in [1.54, 1.807) is 0 Å². The van der Waals surface area contributed by atoms with Gasteiger partial charge in [-0.05, 0) is 12.8 Å². The molecule has 3 aliphatic rings. The Kier molecular flexibility index (Phi) is 4.19. The van der Waals surface area contributed by atoms with E-state index in [0.29, 0.717) is 11.2 Å². The molecule has 1 saturated heterocycles. The van der Waals surface area contributed by atoms with Gasteiger partial charge in [-0.15, -0.1) is 11.3 Å². The number of rotatable bonds is 2. The molecule has 3 heterocycles. The highest BCUT2D eigenvalue weighted by atomic mass is 32.2. The molecule has 2 aliphatic heterocycles. The highest BCUT2D eigenvalue weighted by Crippen LogP contribution is 2.40. The van der Waals surface area contributed by atoms with Crippen LogP contribution in [0.1, 0.15) is 31.4 Å². The summed E-state index contributed by atoms with van der Waals surface area (Å²) in [6, 6.07) is -0.0317. The number of hydrogen-bond acceptors (Lipinski definition) is 6. The third-order valence-electron chi connectivity index (χ3n) is 4.36. The number of thioether (sulfide) groups is 1. The number of nitrogens with zero attached hydrogens (tertiary/aromatic N) is 4. The molecule has 6 nitrogen and oxygen atoms in total. The van der Waals surface area contributed by atoms with Crippen LogP contribution in [-0.4, -0.2) is 64.0 Å². The van der Waals surface area contributed by atoms with Gasteiger partial charge in [0, 0.05) is 42.7 Å². The minimum Gasteiger partial charge on any atom is -0.348 e. The smallest absolute Gasteiger partial charge is 0.323 e. The highest BCUT2D eigenvalue weighted by Gasteiger charge is 2.28. The summed E-state index contributed by atoms with van der Waals surface area (Å²) in [6.45, 7) is 6.30. The fourth-order valence-electron chi connectivity index (χ4n) is 2.82. The quantitative estimate of drug-likeness (QED) is 0.890. The molecule has 1 saturated carbocycles. The molecule has 124 valence electrons. The fourth-order valence-corrected chi connectivity index (χ4v) is 4.59. The number of nitrogens with one attached hydrogen (secondary N) is 1. The van der Waals surface area contributed by atoms with Gasteiger partial charge in [0.15, 0.2) is 10.3 Å². The number of hydrogen-bond donors (Lipinski definition) is 1. The third-order valence-corrected chi connectivity index (χ3v) is 6.28. The van der Waals surface area contributed by atoms with Gasteiger partial charge in [-0.1, -0.05) is 18.7 Å². The predicted molar refractivity (Wildman–Crippen MR) is 95.6 cm³/mol. The van der Waals surface area contributed by atoms with Crippen LogP contribution < -0.4 is 5.32 Å². The van der Waals surface area contributed by atoms with Gasteiger partial charge < -0.3 is 9.80 Å². The van der Waals surface area contributed by atoms with Crippen LogP contribution in [0.3, 0.4) is 0 Å². The number of amides is 2. The lowest BCUT2D eigenvalue weighted by molar-refractivity contribution is 0.182. The van der Waals surface area contributed by atoms with E-state index < -0.39 is 0 Å². The van der Waals surface area contributed by atoms with Gasteiger partial charge in [0.25, 0.3) is 0 Å². The topological polar surface area (TPSA) is 60.8 Å². The van der Waals surface area contributed by atoms with Crippen molar-refractivity contribution in [3.63, 3.8) is 0 Å². The molecule has 0 bridgehead atoms. The SMILES string of the molecule is CC1CN=C(N2CCN(C(=O)Nc3nc(C4CC4)cs3)CC2)S1. The summed E-state index contributed by atoms with van der Waals surface area (Å²) in [7, 11) is 0. The van der Waals surface area contributed by atoms with Crippen molar-refractivity contribution in [2.24, 2.45) is 4.99 Å². The maximum atomic E-state index is 12.4. The second kappa shape index (κ2) is 6.32. The van der Waals surface area contributed by atoms with Crippen LogP contribution in [0.4, 0.5) is 9.93 Å². The van der Waals surface area contributed by atoms with E-state index in [4.69, 9.17) is 0 Å². The Bertz CT molecular complexity index is 619. The fraction of sp³-hybridized carbons (Fsp3) is 0.667. The van der Waals surface area contributed by atoms with E-state index >= 15 is 0 Å². The zero-order valence-corrected chi connectivity index (χ0v) is 14.8. The molecular formula is C15H21N5OS2. The normalized spacial score (nSPS) is 24.7. The first-order chi connectivity index (χ1) is 11.2. The van der Waals surface area contributed by atoms with Crippen molar-refractivity contribution in [2.45, 2.75) is 30.9 Å². The number of aliphatic imine (C=N–C) groups is 1. The number of piperazine rings is 1. The molecule has 2 amide bonds. The molecule has 0 spiro atoms. The monoisotopic (exact) mass is 351 g/mol. The lowest BCUT2D eigenvalue weighted by atomic mass is 10.3. The second-order valence-corrected chi connectivity index (χ2v) is 8.57. The first-order valence-electron chi connectivity index (χ1n) is 8.16. The number of urea groups is 1. The van der Waals surface area contributed by atoms with Crippen LogP contribution in [0, 0.1) is 0 Å². The molecule has 1 aromatic rings. The van der Waals surface area contributed by atoms with E-state index in [1.807, 2.05) is 16.7 Å². The first-order valence-corrected chi connectivity index (χ1v) is 9.92. The largest absolute Gasteiger partial charge is 0.348 e. The number of carbonyl (C=O) groups excluding carboxylic acids is 1. The standard InChI is InChI=1S/C15H21N5OS2/c1-10-8-16-15(23-10)20-6-4-19(5-7-20)14(21)18-13-17-12(9-22-13)11-2-3-11/h9-11H,2-8H2,1H3,(H,17,18,21). The van der Waals surface area contributed by atoms with Gasteiger partial charge >= 0.3 is 6.03 Å².